The lowest BCUT2D eigenvalue weighted by Crippen LogP contribution is -2.36. The summed E-state index contributed by atoms with van der Waals surface area (Å²) in [6, 6.07) is 8.44. The van der Waals surface area contributed by atoms with Crippen molar-refractivity contribution in [3.05, 3.63) is 51.5 Å². The second kappa shape index (κ2) is 7.78. The largest absolute Gasteiger partial charge is 0.357 e. The first kappa shape index (κ1) is 15.5. The predicted octanol–water partition coefficient (Wildman–Crippen LogP) is 3.02. The molecule has 0 spiro atoms. The maximum atomic E-state index is 4.63. The molecule has 2 aromatic rings. The van der Waals surface area contributed by atoms with Gasteiger partial charge in [0.2, 0.25) is 0 Å². The highest BCUT2D eigenvalue weighted by atomic mass is 32.1. The minimum absolute atomic E-state index is 0.679. The zero-order valence-corrected chi connectivity index (χ0v) is 13.6. The highest BCUT2D eigenvalue weighted by Gasteiger charge is 2.03. The van der Waals surface area contributed by atoms with Crippen molar-refractivity contribution in [1.29, 1.82) is 0 Å². The standard InChI is InChI=1S/C16H22N4S/c1-4-17-16(19-10-15-13(3)20-11-21-15)18-9-14-7-5-6-12(2)8-14/h5-8,11H,4,9-10H2,1-3H3,(H2,17,18,19). The van der Waals surface area contributed by atoms with Gasteiger partial charge in [-0.3, -0.25) is 0 Å². The summed E-state index contributed by atoms with van der Waals surface area (Å²) in [5.41, 5.74) is 5.45. The van der Waals surface area contributed by atoms with Crippen molar-refractivity contribution < 1.29 is 0 Å². The Labute approximate surface area is 130 Å². The van der Waals surface area contributed by atoms with E-state index in [4.69, 9.17) is 0 Å². The summed E-state index contributed by atoms with van der Waals surface area (Å²) in [4.78, 5) is 10.1. The van der Waals surface area contributed by atoms with Crippen LogP contribution in [-0.4, -0.2) is 17.5 Å². The Hall–Kier alpha value is -1.88. The van der Waals surface area contributed by atoms with Gasteiger partial charge in [0.1, 0.15) is 0 Å². The molecule has 21 heavy (non-hydrogen) atoms. The number of benzene rings is 1. The molecule has 0 bridgehead atoms. The Bertz CT molecular complexity index is 604. The van der Waals surface area contributed by atoms with E-state index in [0.29, 0.717) is 6.54 Å². The molecule has 0 atom stereocenters. The van der Waals surface area contributed by atoms with Gasteiger partial charge in [-0.2, -0.15) is 0 Å². The molecule has 0 aliphatic heterocycles. The van der Waals surface area contributed by atoms with E-state index >= 15 is 0 Å². The number of nitrogens with one attached hydrogen (secondary N) is 2. The van der Waals surface area contributed by atoms with Crippen LogP contribution in [0, 0.1) is 13.8 Å². The van der Waals surface area contributed by atoms with E-state index in [1.54, 1.807) is 11.3 Å². The van der Waals surface area contributed by atoms with Gasteiger partial charge in [0.25, 0.3) is 0 Å². The maximum absolute atomic E-state index is 4.63. The number of thiazole rings is 1. The Morgan fingerprint density at radius 1 is 1.29 bits per heavy atom. The Morgan fingerprint density at radius 2 is 2.14 bits per heavy atom. The van der Waals surface area contributed by atoms with Crippen molar-refractivity contribution in [2.24, 2.45) is 4.99 Å². The predicted molar refractivity (Wildman–Crippen MR) is 89.7 cm³/mol. The van der Waals surface area contributed by atoms with Gasteiger partial charge < -0.3 is 10.6 Å². The molecule has 2 rings (SSSR count). The number of guanidine groups is 1. The average molecular weight is 302 g/mol. The van der Waals surface area contributed by atoms with Crippen molar-refractivity contribution >= 4 is 17.3 Å². The monoisotopic (exact) mass is 302 g/mol. The van der Waals surface area contributed by atoms with Crippen LogP contribution in [0.4, 0.5) is 0 Å². The first-order valence-corrected chi connectivity index (χ1v) is 8.03. The molecule has 4 nitrogen and oxygen atoms in total. The molecule has 2 N–H and O–H groups in total. The van der Waals surface area contributed by atoms with Crippen molar-refractivity contribution in [2.45, 2.75) is 33.9 Å². The normalized spacial score (nSPS) is 11.5. The van der Waals surface area contributed by atoms with Crippen molar-refractivity contribution in [3.8, 4) is 0 Å². The second-order valence-corrected chi connectivity index (χ2v) is 5.84. The highest BCUT2D eigenvalue weighted by Crippen LogP contribution is 2.11. The maximum Gasteiger partial charge on any atom is 0.191 e. The van der Waals surface area contributed by atoms with Crippen LogP contribution in [0.2, 0.25) is 0 Å². The lowest BCUT2D eigenvalue weighted by molar-refractivity contribution is 0.819. The summed E-state index contributed by atoms with van der Waals surface area (Å²) in [5.74, 6) is 0.840. The number of aryl methyl sites for hydroxylation is 2. The van der Waals surface area contributed by atoms with Crippen LogP contribution < -0.4 is 10.6 Å². The summed E-state index contributed by atoms with van der Waals surface area (Å²) in [5, 5.41) is 6.63. The Kier molecular flexibility index (Phi) is 5.75. The highest BCUT2D eigenvalue weighted by molar-refractivity contribution is 7.09. The van der Waals surface area contributed by atoms with E-state index in [2.05, 4.69) is 58.7 Å². The molecule has 1 aromatic carbocycles. The van der Waals surface area contributed by atoms with E-state index in [9.17, 15) is 0 Å². The third-order valence-corrected chi connectivity index (χ3v) is 4.04. The molecule has 0 radical (unpaired) electrons. The minimum Gasteiger partial charge on any atom is -0.357 e. The fourth-order valence-corrected chi connectivity index (χ4v) is 2.70. The van der Waals surface area contributed by atoms with E-state index in [1.807, 2.05) is 12.4 Å². The molecular weight excluding hydrogens is 280 g/mol. The van der Waals surface area contributed by atoms with E-state index in [1.165, 1.54) is 16.0 Å². The third-order valence-electron chi connectivity index (χ3n) is 3.11. The number of rotatable bonds is 5. The van der Waals surface area contributed by atoms with Crippen molar-refractivity contribution in [2.75, 3.05) is 6.54 Å². The van der Waals surface area contributed by atoms with Gasteiger partial charge in [-0.05, 0) is 26.3 Å². The topological polar surface area (TPSA) is 49.3 Å². The minimum atomic E-state index is 0.679. The van der Waals surface area contributed by atoms with Crippen LogP contribution in [0.25, 0.3) is 0 Å². The molecule has 1 aromatic heterocycles. The van der Waals surface area contributed by atoms with E-state index in [0.717, 1.165) is 24.7 Å². The van der Waals surface area contributed by atoms with Crippen molar-refractivity contribution in [3.63, 3.8) is 0 Å². The molecule has 0 saturated heterocycles. The number of hydrogen-bond donors (Lipinski definition) is 2. The average Bonchev–Trinajstić information content (AvgIpc) is 2.87. The van der Waals surface area contributed by atoms with Gasteiger partial charge in [0.15, 0.2) is 5.96 Å². The molecule has 5 heteroatoms. The molecule has 0 saturated carbocycles. The number of hydrogen-bond acceptors (Lipinski definition) is 3. The summed E-state index contributed by atoms with van der Waals surface area (Å²) >= 11 is 1.67. The number of nitrogens with zero attached hydrogens (tertiary/aromatic N) is 2. The molecular formula is C16H22N4S. The third kappa shape index (κ3) is 4.86. The van der Waals surface area contributed by atoms with Crippen LogP contribution in [0.1, 0.15) is 28.6 Å². The SMILES string of the molecule is CCNC(=NCc1cccc(C)c1)NCc1scnc1C. The number of aliphatic imine (C=N–C) groups is 1. The Balaban J connectivity index is 1.97. The molecule has 0 aliphatic carbocycles. The molecule has 1 heterocycles. The molecule has 112 valence electrons. The fourth-order valence-electron chi connectivity index (χ4n) is 1.98. The van der Waals surface area contributed by atoms with Crippen LogP contribution >= 0.6 is 11.3 Å². The summed E-state index contributed by atoms with van der Waals surface area (Å²) in [6.45, 7) is 8.49. The molecule has 0 unspecified atom stereocenters. The molecule has 0 aliphatic rings. The van der Waals surface area contributed by atoms with Crippen LogP contribution in [0.15, 0.2) is 34.8 Å². The lowest BCUT2D eigenvalue weighted by atomic mass is 10.1. The molecule has 0 fully saturated rings. The van der Waals surface area contributed by atoms with Crippen LogP contribution in [0.3, 0.4) is 0 Å². The summed E-state index contributed by atoms with van der Waals surface area (Å²) in [6.07, 6.45) is 0. The lowest BCUT2D eigenvalue weighted by Gasteiger charge is -2.11. The van der Waals surface area contributed by atoms with Crippen molar-refractivity contribution in [1.82, 2.24) is 15.6 Å². The zero-order valence-electron chi connectivity index (χ0n) is 12.8. The number of aromatic nitrogens is 1. The first-order valence-electron chi connectivity index (χ1n) is 7.15. The smallest absolute Gasteiger partial charge is 0.191 e. The van der Waals surface area contributed by atoms with Gasteiger partial charge in [-0.15, -0.1) is 11.3 Å². The Morgan fingerprint density at radius 3 is 2.81 bits per heavy atom. The van der Waals surface area contributed by atoms with Crippen LogP contribution in [0.5, 0.6) is 0 Å². The van der Waals surface area contributed by atoms with Crippen LogP contribution in [-0.2, 0) is 13.1 Å². The fraction of sp³-hybridized carbons (Fsp3) is 0.375. The quantitative estimate of drug-likeness (QED) is 0.659. The van der Waals surface area contributed by atoms with E-state index in [-0.39, 0.29) is 0 Å². The first-order chi connectivity index (χ1) is 10.2. The van der Waals surface area contributed by atoms with Gasteiger partial charge >= 0.3 is 0 Å². The van der Waals surface area contributed by atoms with Gasteiger partial charge in [0, 0.05) is 11.4 Å². The second-order valence-electron chi connectivity index (χ2n) is 4.90. The molecule has 0 amide bonds. The van der Waals surface area contributed by atoms with Gasteiger partial charge in [0.05, 0.1) is 24.3 Å². The zero-order chi connectivity index (χ0) is 15.1. The van der Waals surface area contributed by atoms with Gasteiger partial charge in [-0.25, -0.2) is 9.98 Å². The summed E-state index contributed by atoms with van der Waals surface area (Å²) < 4.78 is 0. The van der Waals surface area contributed by atoms with Gasteiger partial charge in [-0.1, -0.05) is 29.8 Å². The summed E-state index contributed by atoms with van der Waals surface area (Å²) in [7, 11) is 0. The van der Waals surface area contributed by atoms with E-state index < -0.39 is 0 Å².